The Hall–Kier alpha value is -2.60. The lowest BCUT2D eigenvalue weighted by Crippen LogP contribution is -2.39. The Morgan fingerprint density at radius 1 is 1.15 bits per heavy atom. The van der Waals surface area contributed by atoms with Gasteiger partial charge in [-0.05, 0) is 25.5 Å². The van der Waals surface area contributed by atoms with Crippen molar-refractivity contribution in [3.63, 3.8) is 0 Å². The molecule has 1 fully saturated rings. The van der Waals surface area contributed by atoms with E-state index in [9.17, 15) is 0 Å². The molecule has 0 aliphatic carbocycles. The number of aliphatic imine (C=N–C) groups is 1. The van der Waals surface area contributed by atoms with Gasteiger partial charge in [0.15, 0.2) is 5.96 Å². The third kappa shape index (κ3) is 5.69. The fraction of sp³-hybridized carbons (Fsp3) is 0.429. The molecule has 6 heteroatoms. The second kappa shape index (κ2) is 9.92. The van der Waals surface area contributed by atoms with Crippen molar-refractivity contribution in [1.82, 2.24) is 15.6 Å². The van der Waals surface area contributed by atoms with Gasteiger partial charge in [0.2, 0.25) is 0 Å². The van der Waals surface area contributed by atoms with Crippen LogP contribution >= 0.6 is 0 Å². The molecule has 0 radical (unpaired) electrons. The number of anilines is 1. The first-order valence-electron chi connectivity index (χ1n) is 9.60. The van der Waals surface area contributed by atoms with Crippen LogP contribution in [0.5, 0.6) is 0 Å². The molecule has 3 rings (SSSR count). The zero-order valence-electron chi connectivity index (χ0n) is 16.2. The molecule has 1 aromatic heterocycles. The van der Waals surface area contributed by atoms with Crippen LogP contribution in [-0.4, -0.2) is 43.8 Å². The van der Waals surface area contributed by atoms with Crippen LogP contribution in [0.15, 0.2) is 47.6 Å². The van der Waals surface area contributed by atoms with E-state index in [0.717, 1.165) is 44.6 Å². The number of benzene rings is 1. The summed E-state index contributed by atoms with van der Waals surface area (Å²) in [4.78, 5) is 11.6. The lowest BCUT2D eigenvalue weighted by molar-refractivity contribution is 0.122. The van der Waals surface area contributed by atoms with E-state index in [0.29, 0.717) is 13.1 Å². The van der Waals surface area contributed by atoms with Crippen LogP contribution in [0, 0.1) is 6.92 Å². The van der Waals surface area contributed by atoms with E-state index >= 15 is 0 Å². The molecule has 2 heterocycles. The molecule has 1 aromatic carbocycles. The fourth-order valence-electron chi connectivity index (χ4n) is 3.01. The second-order valence-corrected chi connectivity index (χ2v) is 6.62. The standard InChI is InChI=1S/C21H29N5O/c1-3-22-21(24-15-18-8-6-17(2)7-9-18)25-16-19-5-4-10-23-20(19)26-11-13-27-14-12-26/h4-10H,3,11-16H2,1-2H3,(H2,22,24,25). The minimum absolute atomic E-state index is 0.652. The van der Waals surface area contributed by atoms with Gasteiger partial charge in [-0.3, -0.25) is 0 Å². The molecule has 0 bridgehead atoms. The van der Waals surface area contributed by atoms with E-state index in [1.165, 1.54) is 16.7 Å². The van der Waals surface area contributed by atoms with E-state index in [4.69, 9.17) is 9.73 Å². The molecule has 0 saturated carbocycles. The third-order valence-electron chi connectivity index (χ3n) is 4.51. The molecule has 2 aromatic rings. The number of ether oxygens (including phenoxy) is 1. The Labute approximate surface area is 161 Å². The summed E-state index contributed by atoms with van der Waals surface area (Å²) in [6.07, 6.45) is 1.85. The summed E-state index contributed by atoms with van der Waals surface area (Å²) in [6, 6.07) is 12.6. The highest BCUT2D eigenvalue weighted by atomic mass is 16.5. The number of hydrogen-bond donors (Lipinski definition) is 2. The number of nitrogens with zero attached hydrogens (tertiary/aromatic N) is 3. The Kier molecular flexibility index (Phi) is 7.04. The smallest absolute Gasteiger partial charge is 0.191 e. The average molecular weight is 367 g/mol. The molecule has 2 N–H and O–H groups in total. The van der Waals surface area contributed by atoms with E-state index in [-0.39, 0.29) is 0 Å². The Morgan fingerprint density at radius 3 is 2.67 bits per heavy atom. The van der Waals surface area contributed by atoms with Gasteiger partial charge < -0.3 is 20.3 Å². The molecular weight excluding hydrogens is 338 g/mol. The first kappa shape index (κ1) is 19.2. The maximum absolute atomic E-state index is 5.46. The van der Waals surface area contributed by atoms with Crippen molar-refractivity contribution >= 4 is 11.8 Å². The van der Waals surface area contributed by atoms with Crippen molar-refractivity contribution in [1.29, 1.82) is 0 Å². The number of aryl methyl sites for hydroxylation is 1. The summed E-state index contributed by atoms with van der Waals surface area (Å²) in [6.45, 7) is 9.60. The molecule has 27 heavy (non-hydrogen) atoms. The highest BCUT2D eigenvalue weighted by molar-refractivity contribution is 5.79. The largest absolute Gasteiger partial charge is 0.378 e. The van der Waals surface area contributed by atoms with Crippen LogP contribution in [0.2, 0.25) is 0 Å². The van der Waals surface area contributed by atoms with Crippen molar-refractivity contribution in [3.05, 3.63) is 59.3 Å². The summed E-state index contributed by atoms with van der Waals surface area (Å²) < 4.78 is 5.46. The van der Waals surface area contributed by atoms with Gasteiger partial charge in [0.25, 0.3) is 0 Å². The zero-order valence-corrected chi connectivity index (χ0v) is 16.2. The van der Waals surface area contributed by atoms with Crippen molar-refractivity contribution in [2.24, 2.45) is 4.99 Å². The number of aromatic nitrogens is 1. The molecule has 0 spiro atoms. The Bertz CT molecular complexity index is 738. The Morgan fingerprint density at radius 2 is 1.93 bits per heavy atom. The number of hydrogen-bond acceptors (Lipinski definition) is 4. The van der Waals surface area contributed by atoms with Crippen LogP contribution in [0.1, 0.15) is 23.6 Å². The minimum atomic E-state index is 0.652. The molecule has 1 saturated heterocycles. The summed E-state index contributed by atoms with van der Waals surface area (Å²) in [7, 11) is 0. The Balaban J connectivity index is 1.65. The van der Waals surface area contributed by atoms with E-state index in [2.05, 4.69) is 64.7 Å². The number of rotatable bonds is 6. The van der Waals surface area contributed by atoms with Crippen LogP contribution in [0.3, 0.4) is 0 Å². The van der Waals surface area contributed by atoms with Gasteiger partial charge in [0, 0.05) is 37.9 Å². The monoisotopic (exact) mass is 367 g/mol. The van der Waals surface area contributed by atoms with Gasteiger partial charge in [0.05, 0.1) is 19.8 Å². The van der Waals surface area contributed by atoms with E-state index < -0.39 is 0 Å². The highest BCUT2D eigenvalue weighted by Gasteiger charge is 2.15. The van der Waals surface area contributed by atoms with Gasteiger partial charge >= 0.3 is 0 Å². The molecule has 6 nitrogen and oxygen atoms in total. The van der Waals surface area contributed by atoms with Crippen molar-refractivity contribution in [2.45, 2.75) is 26.9 Å². The van der Waals surface area contributed by atoms with Gasteiger partial charge in [-0.25, -0.2) is 9.98 Å². The minimum Gasteiger partial charge on any atom is -0.378 e. The number of guanidine groups is 1. The molecule has 0 unspecified atom stereocenters. The summed E-state index contributed by atoms with van der Waals surface area (Å²) in [5.74, 6) is 1.84. The zero-order chi connectivity index (χ0) is 18.9. The highest BCUT2D eigenvalue weighted by Crippen LogP contribution is 2.18. The van der Waals surface area contributed by atoms with Gasteiger partial charge in [-0.2, -0.15) is 0 Å². The van der Waals surface area contributed by atoms with Gasteiger partial charge in [-0.1, -0.05) is 35.9 Å². The molecule has 1 aliphatic heterocycles. The number of pyridine rings is 1. The number of nitrogens with one attached hydrogen (secondary N) is 2. The SMILES string of the molecule is CCNC(=NCc1ccc(C)cc1)NCc1cccnc1N1CCOCC1. The van der Waals surface area contributed by atoms with Crippen LogP contribution < -0.4 is 15.5 Å². The predicted octanol–water partition coefficient (Wildman–Crippen LogP) is 2.48. The van der Waals surface area contributed by atoms with Crippen LogP contribution in [0.4, 0.5) is 5.82 Å². The molecule has 0 amide bonds. The summed E-state index contributed by atoms with van der Waals surface area (Å²) in [5.41, 5.74) is 3.63. The molecular formula is C21H29N5O. The lowest BCUT2D eigenvalue weighted by atomic mass is 10.1. The van der Waals surface area contributed by atoms with E-state index in [1.807, 2.05) is 12.3 Å². The normalized spacial score (nSPS) is 14.9. The topological polar surface area (TPSA) is 61.8 Å². The molecule has 0 atom stereocenters. The average Bonchev–Trinajstić information content (AvgIpc) is 2.72. The van der Waals surface area contributed by atoms with E-state index in [1.54, 1.807) is 0 Å². The van der Waals surface area contributed by atoms with Crippen LogP contribution in [0.25, 0.3) is 0 Å². The van der Waals surface area contributed by atoms with Crippen molar-refractivity contribution < 1.29 is 4.74 Å². The van der Waals surface area contributed by atoms with Crippen LogP contribution in [-0.2, 0) is 17.8 Å². The maximum Gasteiger partial charge on any atom is 0.191 e. The third-order valence-corrected chi connectivity index (χ3v) is 4.51. The first-order valence-corrected chi connectivity index (χ1v) is 9.60. The van der Waals surface area contributed by atoms with Gasteiger partial charge in [0.1, 0.15) is 5.82 Å². The quantitative estimate of drug-likeness (QED) is 0.607. The maximum atomic E-state index is 5.46. The summed E-state index contributed by atoms with van der Waals surface area (Å²) in [5, 5.41) is 6.76. The van der Waals surface area contributed by atoms with Crippen molar-refractivity contribution in [2.75, 3.05) is 37.7 Å². The van der Waals surface area contributed by atoms with Gasteiger partial charge in [-0.15, -0.1) is 0 Å². The second-order valence-electron chi connectivity index (χ2n) is 6.62. The molecule has 144 valence electrons. The van der Waals surface area contributed by atoms with Crippen molar-refractivity contribution in [3.8, 4) is 0 Å². The number of morpholine rings is 1. The molecule has 1 aliphatic rings. The fourth-order valence-corrected chi connectivity index (χ4v) is 3.01. The lowest BCUT2D eigenvalue weighted by Gasteiger charge is -2.29. The predicted molar refractivity (Wildman–Crippen MR) is 110 cm³/mol. The summed E-state index contributed by atoms with van der Waals surface area (Å²) >= 11 is 0. The first-order chi connectivity index (χ1) is 13.3.